The van der Waals surface area contributed by atoms with E-state index in [1.54, 1.807) is 12.1 Å². The lowest BCUT2D eigenvalue weighted by molar-refractivity contribution is -0.116. The van der Waals surface area contributed by atoms with E-state index >= 15 is 0 Å². The molecular weight excluding hydrogens is 250 g/mol. The smallest absolute Gasteiger partial charge is 0.225 e. The number of anilines is 2. The fourth-order valence-electron chi connectivity index (χ4n) is 2.77. The van der Waals surface area contributed by atoms with Crippen LogP contribution in [0.25, 0.3) is 0 Å². The maximum Gasteiger partial charge on any atom is 0.225 e. The third kappa shape index (κ3) is 3.97. The number of nitrogen functional groups attached to an aromatic ring is 1. The van der Waals surface area contributed by atoms with Crippen molar-refractivity contribution in [3.63, 3.8) is 0 Å². The average molecular weight is 275 g/mol. The molecular formula is C16H25N3O. The monoisotopic (exact) mass is 275 g/mol. The molecule has 20 heavy (non-hydrogen) atoms. The number of amides is 1. The third-order valence-electron chi connectivity index (χ3n) is 4.32. The first-order valence-electron chi connectivity index (χ1n) is 7.45. The molecule has 0 bridgehead atoms. The predicted molar refractivity (Wildman–Crippen MR) is 83.5 cm³/mol. The largest absolute Gasteiger partial charge is 0.399 e. The summed E-state index contributed by atoms with van der Waals surface area (Å²) in [5, 5.41) is 2.91. The van der Waals surface area contributed by atoms with Gasteiger partial charge >= 0.3 is 0 Å². The van der Waals surface area contributed by atoms with Gasteiger partial charge in [-0.05, 0) is 56.5 Å². The number of rotatable bonds is 4. The van der Waals surface area contributed by atoms with Gasteiger partial charge in [0.05, 0.1) is 0 Å². The predicted octanol–water partition coefficient (Wildman–Crippen LogP) is 2.72. The van der Waals surface area contributed by atoms with Crippen LogP contribution in [0.4, 0.5) is 11.4 Å². The summed E-state index contributed by atoms with van der Waals surface area (Å²) in [5.41, 5.74) is 7.14. The van der Waals surface area contributed by atoms with Gasteiger partial charge in [0.15, 0.2) is 0 Å². The Hall–Kier alpha value is -1.55. The fraction of sp³-hybridized carbons (Fsp3) is 0.562. The Morgan fingerprint density at radius 1 is 1.35 bits per heavy atom. The number of carbonyl (C=O) groups excluding carboxylic acids is 1. The summed E-state index contributed by atoms with van der Waals surface area (Å²) in [5.74, 6) is 0.795. The Morgan fingerprint density at radius 3 is 2.75 bits per heavy atom. The molecule has 1 amide bonds. The summed E-state index contributed by atoms with van der Waals surface area (Å²) in [6, 6.07) is 7.83. The lowest BCUT2D eigenvalue weighted by atomic mass is 9.92. The maximum absolute atomic E-state index is 12.0. The molecule has 1 aromatic carbocycles. The number of likely N-dealkylation sites (tertiary alicyclic amines) is 1. The van der Waals surface area contributed by atoms with Gasteiger partial charge in [-0.15, -0.1) is 0 Å². The molecule has 1 saturated heterocycles. The Balaban J connectivity index is 1.78. The highest BCUT2D eigenvalue weighted by molar-refractivity contribution is 5.90. The SMILES string of the molecule is CC1CCCN(CCC(=O)Nc2ccc(N)cc2)C1C. The van der Waals surface area contributed by atoms with Gasteiger partial charge in [0.1, 0.15) is 0 Å². The van der Waals surface area contributed by atoms with E-state index in [1.165, 1.54) is 12.8 Å². The Kier molecular flexibility index (Phi) is 5.01. The second-order valence-corrected chi connectivity index (χ2v) is 5.82. The molecule has 1 aliphatic heterocycles. The van der Waals surface area contributed by atoms with Crippen molar-refractivity contribution in [3.8, 4) is 0 Å². The van der Waals surface area contributed by atoms with E-state index in [0.717, 1.165) is 24.7 Å². The molecule has 0 radical (unpaired) electrons. The zero-order chi connectivity index (χ0) is 14.5. The standard InChI is InChI=1S/C16H25N3O/c1-12-4-3-10-19(13(12)2)11-9-16(20)18-15-7-5-14(17)6-8-15/h5-8,12-13H,3-4,9-11,17H2,1-2H3,(H,18,20). The van der Waals surface area contributed by atoms with E-state index in [9.17, 15) is 4.79 Å². The van der Waals surface area contributed by atoms with Crippen LogP contribution in [0, 0.1) is 5.92 Å². The molecule has 2 unspecified atom stereocenters. The second kappa shape index (κ2) is 6.75. The number of hydrogen-bond donors (Lipinski definition) is 2. The molecule has 1 aromatic rings. The van der Waals surface area contributed by atoms with Gasteiger partial charge < -0.3 is 11.1 Å². The Bertz CT molecular complexity index is 444. The quantitative estimate of drug-likeness (QED) is 0.831. The molecule has 2 rings (SSSR count). The van der Waals surface area contributed by atoms with E-state index in [0.29, 0.717) is 18.2 Å². The van der Waals surface area contributed by atoms with Crippen LogP contribution in [0.3, 0.4) is 0 Å². The lowest BCUT2D eigenvalue weighted by Gasteiger charge is -2.37. The van der Waals surface area contributed by atoms with E-state index in [2.05, 4.69) is 24.1 Å². The molecule has 1 aliphatic rings. The summed E-state index contributed by atoms with van der Waals surface area (Å²) < 4.78 is 0. The van der Waals surface area contributed by atoms with Crippen molar-refractivity contribution in [1.29, 1.82) is 0 Å². The Labute approximate surface area is 121 Å². The van der Waals surface area contributed by atoms with Gasteiger partial charge in [0, 0.05) is 30.4 Å². The molecule has 4 nitrogen and oxygen atoms in total. The molecule has 0 saturated carbocycles. The van der Waals surface area contributed by atoms with Gasteiger partial charge in [-0.2, -0.15) is 0 Å². The first kappa shape index (κ1) is 14.9. The first-order valence-corrected chi connectivity index (χ1v) is 7.45. The molecule has 3 N–H and O–H groups in total. The van der Waals surface area contributed by atoms with Gasteiger partial charge in [-0.25, -0.2) is 0 Å². The van der Waals surface area contributed by atoms with Crippen molar-refractivity contribution in [2.75, 3.05) is 24.1 Å². The number of nitrogens with one attached hydrogen (secondary N) is 1. The average Bonchev–Trinajstić information content (AvgIpc) is 2.43. The normalized spacial score (nSPS) is 23.5. The van der Waals surface area contributed by atoms with Crippen molar-refractivity contribution in [2.24, 2.45) is 5.92 Å². The minimum atomic E-state index is 0.0696. The second-order valence-electron chi connectivity index (χ2n) is 5.82. The van der Waals surface area contributed by atoms with Crippen LogP contribution in [0.15, 0.2) is 24.3 Å². The summed E-state index contributed by atoms with van der Waals surface area (Å²) in [7, 11) is 0. The van der Waals surface area contributed by atoms with Crippen molar-refractivity contribution < 1.29 is 4.79 Å². The molecule has 0 spiro atoms. The van der Waals surface area contributed by atoms with Crippen LogP contribution < -0.4 is 11.1 Å². The fourth-order valence-corrected chi connectivity index (χ4v) is 2.77. The molecule has 4 heteroatoms. The highest BCUT2D eigenvalue weighted by atomic mass is 16.1. The van der Waals surface area contributed by atoms with Gasteiger partial charge in [0.25, 0.3) is 0 Å². The number of nitrogens with zero attached hydrogens (tertiary/aromatic N) is 1. The van der Waals surface area contributed by atoms with Crippen LogP contribution in [-0.2, 0) is 4.79 Å². The van der Waals surface area contributed by atoms with Crippen molar-refractivity contribution in [1.82, 2.24) is 4.90 Å². The number of benzene rings is 1. The highest BCUT2D eigenvalue weighted by Crippen LogP contribution is 2.22. The van der Waals surface area contributed by atoms with Crippen LogP contribution >= 0.6 is 0 Å². The minimum absolute atomic E-state index is 0.0696. The third-order valence-corrected chi connectivity index (χ3v) is 4.32. The summed E-state index contributed by atoms with van der Waals surface area (Å²) in [6.45, 7) is 6.51. The van der Waals surface area contributed by atoms with Gasteiger partial charge in [-0.1, -0.05) is 6.92 Å². The zero-order valence-electron chi connectivity index (χ0n) is 12.4. The van der Waals surface area contributed by atoms with Crippen LogP contribution in [0.2, 0.25) is 0 Å². The highest BCUT2D eigenvalue weighted by Gasteiger charge is 2.24. The summed E-state index contributed by atoms with van der Waals surface area (Å²) in [6.07, 6.45) is 3.09. The van der Waals surface area contributed by atoms with Crippen LogP contribution in [0.1, 0.15) is 33.1 Å². The van der Waals surface area contributed by atoms with E-state index in [-0.39, 0.29) is 5.91 Å². The molecule has 1 heterocycles. The first-order chi connectivity index (χ1) is 9.56. The summed E-state index contributed by atoms with van der Waals surface area (Å²) in [4.78, 5) is 14.4. The summed E-state index contributed by atoms with van der Waals surface area (Å²) >= 11 is 0. The minimum Gasteiger partial charge on any atom is -0.399 e. The number of carbonyl (C=O) groups is 1. The molecule has 110 valence electrons. The molecule has 0 aromatic heterocycles. The van der Waals surface area contributed by atoms with Gasteiger partial charge in [0.2, 0.25) is 5.91 Å². The topological polar surface area (TPSA) is 58.4 Å². The van der Waals surface area contributed by atoms with Crippen molar-refractivity contribution in [3.05, 3.63) is 24.3 Å². The maximum atomic E-state index is 12.0. The Morgan fingerprint density at radius 2 is 2.05 bits per heavy atom. The molecule has 2 atom stereocenters. The molecule has 1 fully saturated rings. The van der Waals surface area contributed by atoms with Crippen molar-refractivity contribution >= 4 is 17.3 Å². The van der Waals surface area contributed by atoms with E-state index < -0.39 is 0 Å². The lowest BCUT2D eigenvalue weighted by Crippen LogP contribution is -2.43. The van der Waals surface area contributed by atoms with Crippen molar-refractivity contribution in [2.45, 2.75) is 39.2 Å². The van der Waals surface area contributed by atoms with Crippen LogP contribution in [-0.4, -0.2) is 29.9 Å². The molecule has 0 aliphatic carbocycles. The van der Waals surface area contributed by atoms with E-state index in [4.69, 9.17) is 5.73 Å². The number of nitrogens with two attached hydrogens (primary N) is 1. The number of hydrogen-bond acceptors (Lipinski definition) is 3. The van der Waals surface area contributed by atoms with E-state index in [1.807, 2.05) is 12.1 Å². The zero-order valence-corrected chi connectivity index (χ0v) is 12.4. The number of piperidine rings is 1. The van der Waals surface area contributed by atoms with Gasteiger partial charge in [-0.3, -0.25) is 9.69 Å². The van der Waals surface area contributed by atoms with Crippen LogP contribution in [0.5, 0.6) is 0 Å².